The summed E-state index contributed by atoms with van der Waals surface area (Å²) in [5.41, 5.74) is 6.95. The summed E-state index contributed by atoms with van der Waals surface area (Å²) >= 11 is 1.41. The van der Waals surface area contributed by atoms with Crippen LogP contribution in [0.1, 0.15) is 27.8 Å². The van der Waals surface area contributed by atoms with Crippen molar-refractivity contribution in [3.8, 4) is 0 Å². The Bertz CT molecular complexity index is 616. The third-order valence-electron chi connectivity index (χ3n) is 3.31. The van der Waals surface area contributed by atoms with Crippen molar-refractivity contribution in [2.75, 3.05) is 0 Å². The first-order valence-electron chi connectivity index (χ1n) is 7.94. The molecule has 0 saturated heterocycles. The molecule has 3 rings (SSSR count). The zero-order chi connectivity index (χ0) is 17.1. The molecule has 0 bridgehead atoms. The molecule has 0 N–H and O–H groups in total. The minimum absolute atomic E-state index is 0. The molecule has 3 aromatic carbocycles. The Morgan fingerprint density at radius 3 is 1.48 bits per heavy atom. The van der Waals surface area contributed by atoms with Crippen LogP contribution in [0.15, 0.2) is 66.7 Å². The van der Waals surface area contributed by atoms with Crippen LogP contribution in [0.3, 0.4) is 0 Å². The Balaban J connectivity index is 0. The fraction of sp³-hybridized carbons (Fsp3) is 0.238. The van der Waals surface area contributed by atoms with Gasteiger partial charge in [0.1, 0.15) is 0 Å². The van der Waals surface area contributed by atoms with Gasteiger partial charge in [-0.25, -0.2) is 23.3 Å². The van der Waals surface area contributed by atoms with Gasteiger partial charge in [0.05, 0.1) is 0 Å². The summed E-state index contributed by atoms with van der Waals surface area (Å²) in [6.07, 6.45) is 0.764. The zero-order valence-corrected chi connectivity index (χ0v) is 21.7. The van der Waals surface area contributed by atoms with E-state index in [1.54, 1.807) is 0 Å². The quantitative estimate of drug-likeness (QED) is 0.285. The van der Waals surface area contributed by atoms with E-state index in [0.29, 0.717) is 0 Å². The van der Waals surface area contributed by atoms with E-state index in [4.69, 9.17) is 0 Å². The van der Waals surface area contributed by atoms with Crippen LogP contribution in [0.2, 0.25) is 0 Å². The van der Waals surface area contributed by atoms with Crippen LogP contribution in [-0.4, -0.2) is 6.22 Å². The van der Waals surface area contributed by atoms with Gasteiger partial charge in [-0.3, -0.25) is 0 Å². The standard InChI is InChI=1S/C7H8Si.2C7H9.2ClH.Hf/c8-6-7-4-2-1-3-5-7;2*1-6-3-4-7(2)5-6;;;/h1-5,8H,6H2;2*3-5H,1-2H3;2*1H;/q;2*-1;;;+2/p-2. The van der Waals surface area contributed by atoms with Gasteiger partial charge in [0, 0.05) is 0 Å². The van der Waals surface area contributed by atoms with Gasteiger partial charge >= 0.3 is 71.2 Å². The van der Waals surface area contributed by atoms with E-state index < -0.39 is 0 Å². The normalized spacial score (nSPS) is 8.56. The fourth-order valence-corrected chi connectivity index (χ4v) is 5.22. The molecular formula is C21H26Cl2HfSi-2. The van der Waals surface area contributed by atoms with Gasteiger partial charge < -0.3 is 24.8 Å². The minimum atomic E-state index is 0. The molecule has 0 aliphatic rings. The summed E-state index contributed by atoms with van der Waals surface area (Å²) in [6, 6.07) is 24.9. The monoisotopic (exact) mass is 556 g/mol. The van der Waals surface area contributed by atoms with Crippen molar-refractivity contribution in [3.05, 3.63) is 94.5 Å². The average Bonchev–Trinajstić information content (AvgIpc) is 3.09. The Labute approximate surface area is 181 Å². The number of hydrogen-bond donors (Lipinski definition) is 0. The molecule has 3 aromatic rings. The summed E-state index contributed by atoms with van der Waals surface area (Å²) in [4.78, 5) is 0. The van der Waals surface area contributed by atoms with Crippen molar-refractivity contribution in [2.24, 2.45) is 0 Å². The first-order chi connectivity index (χ1) is 11.0. The number of aryl methyl sites for hydroxylation is 4. The number of hydrogen-bond acceptors (Lipinski definition) is 0. The first kappa shape index (κ1) is 26.8. The van der Waals surface area contributed by atoms with Crippen LogP contribution in [0.5, 0.6) is 0 Å². The van der Waals surface area contributed by atoms with Gasteiger partial charge in [-0.05, 0) is 0 Å². The van der Waals surface area contributed by atoms with Crippen LogP contribution in [-0.2, 0) is 29.0 Å². The Morgan fingerprint density at radius 2 is 1.24 bits per heavy atom. The van der Waals surface area contributed by atoms with E-state index in [1.807, 2.05) is 0 Å². The molecule has 0 nitrogen and oxygen atoms in total. The van der Waals surface area contributed by atoms with Gasteiger partial charge in [-0.1, -0.05) is 27.7 Å². The molecule has 0 fully saturated rings. The van der Waals surface area contributed by atoms with Crippen molar-refractivity contribution in [1.82, 2.24) is 0 Å². The molecule has 0 heterocycles. The number of rotatable bonds is 2. The molecule has 0 aliphatic heterocycles. The van der Waals surface area contributed by atoms with Gasteiger partial charge in [0.25, 0.3) is 0 Å². The van der Waals surface area contributed by atoms with Gasteiger partial charge in [-0.15, -0.1) is 0 Å². The zero-order valence-electron chi connectivity index (χ0n) is 15.4. The summed E-state index contributed by atoms with van der Waals surface area (Å²) in [5.74, 6) is 0. The maximum atomic E-state index is 2.21. The Hall–Kier alpha value is -0.413. The predicted octanol–water partition coefficient (Wildman–Crippen LogP) is -0.862. The molecule has 0 radical (unpaired) electrons. The van der Waals surface area contributed by atoms with Gasteiger partial charge in [-0.2, -0.15) is 35.4 Å². The summed E-state index contributed by atoms with van der Waals surface area (Å²) in [5, 5.41) is 0. The molecule has 0 aliphatic carbocycles. The van der Waals surface area contributed by atoms with Gasteiger partial charge in [0.15, 0.2) is 0 Å². The molecule has 0 saturated carbocycles. The molecule has 0 unspecified atom stereocenters. The van der Waals surface area contributed by atoms with Gasteiger partial charge in [0.2, 0.25) is 0 Å². The fourth-order valence-electron chi connectivity index (χ4n) is 2.17. The number of benzene rings is 1. The SMILES string of the molecule is Cc1c[cH-]c(C)c1.Cc1c[cH-]c(C)c1.[Cl-].[Cl-].[Hf+2]=[SiH]Cc1ccccc1. The second-order valence-electron chi connectivity index (χ2n) is 5.83. The van der Waals surface area contributed by atoms with E-state index in [2.05, 4.69) is 94.4 Å². The number of halogens is 2. The Morgan fingerprint density at radius 1 is 0.800 bits per heavy atom. The topological polar surface area (TPSA) is 0 Å². The van der Waals surface area contributed by atoms with E-state index in [1.165, 1.54) is 56.9 Å². The molecule has 0 spiro atoms. The molecule has 25 heavy (non-hydrogen) atoms. The van der Waals surface area contributed by atoms with Crippen LogP contribution < -0.4 is 24.8 Å². The van der Waals surface area contributed by atoms with E-state index in [9.17, 15) is 0 Å². The molecule has 134 valence electrons. The van der Waals surface area contributed by atoms with Crippen molar-refractivity contribution >= 4 is 6.22 Å². The van der Waals surface area contributed by atoms with Crippen molar-refractivity contribution in [2.45, 2.75) is 33.7 Å². The van der Waals surface area contributed by atoms with Crippen LogP contribution >= 0.6 is 0 Å². The maximum absolute atomic E-state index is 2.21. The predicted molar refractivity (Wildman–Crippen MR) is 100 cm³/mol. The third-order valence-corrected chi connectivity index (χ3v) is 6.19. The second kappa shape index (κ2) is 15.8. The van der Waals surface area contributed by atoms with Crippen LogP contribution in [0, 0.1) is 27.7 Å². The van der Waals surface area contributed by atoms with Crippen molar-refractivity contribution in [3.63, 3.8) is 0 Å². The molecule has 0 amide bonds. The van der Waals surface area contributed by atoms with Crippen molar-refractivity contribution in [1.29, 1.82) is 0 Å². The van der Waals surface area contributed by atoms with E-state index in [0.717, 1.165) is 6.22 Å². The summed E-state index contributed by atoms with van der Waals surface area (Å²) < 4.78 is 0. The van der Waals surface area contributed by atoms with E-state index >= 15 is 0 Å². The summed E-state index contributed by atoms with van der Waals surface area (Å²) in [6.45, 7) is 8.42. The average molecular weight is 556 g/mol. The molecule has 0 aromatic heterocycles. The third kappa shape index (κ3) is 13.4. The molecule has 0 atom stereocenters. The summed E-state index contributed by atoms with van der Waals surface area (Å²) in [7, 11) is 0. The molecule has 4 heteroatoms. The Kier molecular flexibility index (Phi) is 17.0. The van der Waals surface area contributed by atoms with Crippen LogP contribution in [0.25, 0.3) is 0 Å². The van der Waals surface area contributed by atoms with Crippen LogP contribution in [0.4, 0.5) is 0 Å². The first-order valence-corrected chi connectivity index (χ1v) is 15.6. The van der Waals surface area contributed by atoms with Crippen molar-refractivity contribution < 1.29 is 47.8 Å². The second-order valence-corrected chi connectivity index (χ2v) is 11.0. The van der Waals surface area contributed by atoms with E-state index in [-0.39, 0.29) is 24.8 Å². The molecular weight excluding hydrogens is 530 g/mol.